The molecule has 2 nitrogen and oxygen atoms in total. The average molecular weight is 443 g/mol. The molecular formula is C30H50O2. The molecule has 0 aromatic carbocycles. The maximum absolute atomic E-state index is 10.9. The van der Waals surface area contributed by atoms with Crippen LogP contribution in [0.1, 0.15) is 106 Å². The highest BCUT2D eigenvalue weighted by Gasteiger charge is 2.70. The van der Waals surface area contributed by atoms with Gasteiger partial charge >= 0.3 is 0 Å². The maximum Gasteiger partial charge on any atom is 0.0618 e. The third-order valence-corrected chi connectivity index (χ3v) is 13.6. The van der Waals surface area contributed by atoms with E-state index in [1.807, 2.05) is 0 Å². The van der Waals surface area contributed by atoms with Crippen molar-refractivity contribution < 1.29 is 10.2 Å². The molecule has 11 atom stereocenters. The molecule has 0 saturated heterocycles. The minimum atomic E-state index is -0.355. The van der Waals surface area contributed by atoms with E-state index in [1.54, 1.807) is 0 Å². The van der Waals surface area contributed by atoms with Gasteiger partial charge in [-0.3, -0.25) is 0 Å². The number of hydrogen-bond acceptors (Lipinski definition) is 2. The molecule has 0 aromatic rings. The summed E-state index contributed by atoms with van der Waals surface area (Å²) in [5.74, 6) is 3.51. The summed E-state index contributed by atoms with van der Waals surface area (Å²) in [5.41, 5.74) is 2.62. The van der Waals surface area contributed by atoms with E-state index in [0.29, 0.717) is 28.1 Å². The Morgan fingerprint density at radius 1 is 0.812 bits per heavy atom. The molecule has 2 heteroatoms. The summed E-state index contributed by atoms with van der Waals surface area (Å²) in [7, 11) is 0. The third kappa shape index (κ3) is 2.66. The minimum Gasteiger partial charge on any atom is -0.396 e. The normalized spacial score (nSPS) is 59.5. The highest BCUT2D eigenvalue weighted by atomic mass is 16.3. The summed E-state index contributed by atoms with van der Waals surface area (Å²) < 4.78 is 0. The van der Waals surface area contributed by atoms with E-state index in [0.717, 1.165) is 30.6 Å². The fraction of sp³-hybridized carbons (Fsp3) is 0.933. The van der Waals surface area contributed by atoms with Crippen LogP contribution in [-0.2, 0) is 0 Å². The predicted molar refractivity (Wildman–Crippen MR) is 132 cm³/mol. The van der Waals surface area contributed by atoms with Gasteiger partial charge in [-0.05, 0) is 122 Å². The topological polar surface area (TPSA) is 40.5 Å². The van der Waals surface area contributed by atoms with Crippen molar-refractivity contribution in [3.63, 3.8) is 0 Å². The van der Waals surface area contributed by atoms with Crippen LogP contribution in [0.25, 0.3) is 0 Å². The fourth-order valence-corrected chi connectivity index (χ4v) is 11.5. The Kier molecular flexibility index (Phi) is 5.19. The third-order valence-electron chi connectivity index (χ3n) is 13.6. The fourth-order valence-electron chi connectivity index (χ4n) is 11.5. The Bertz CT molecular complexity index is 790. The van der Waals surface area contributed by atoms with Crippen molar-refractivity contribution in [2.75, 3.05) is 6.61 Å². The number of fused-ring (bicyclic) bond motifs is 7. The van der Waals surface area contributed by atoms with Crippen LogP contribution in [-0.4, -0.2) is 22.9 Å². The summed E-state index contributed by atoms with van der Waals surface area (Å²) >= 11 is 0. The predicted octanol–water partition coefficient (Wildman–Crippen LogP) is 7.00. The van der Waals surface area contributed by atoms with Crippen LogP contribution in [0.5, 0.6) is 0 Å². The zero-order valence-electron chi connectivity index (χ0n) is 21.8. The molecule has 7 unspecified atom stereocenters. The van der Waals surface area contributed by atoms with Crippen molar-refractivity contribution >= 4 is 0 Å². The lowest BCUT2D eigenvalue weighted by atomic mass is 9.32. The molecule has 0 amide bonds. The van der Waals surface area contributed by atoms with Crippen LogP contribution >= 0.6 is 0 Å². The summed E-state index contributed by atoms with van der Waals surface area (Å²) in [5, 5.41) is 21.3. The van der Waals surface area contributed by atoms with Crippen LogP contribution in [0.3, 0.4) is 0 Å². The van der Waals surface area contributed by atoms with E-state index < -0.39 is 0 Å². The number of aliphatic hydroxyl groups excluding tert-OH is 2. The molecule has 0 spiro atoms. The SMILES string of the molecule is C=C(C)C1CC[C@]2(C)CC[C@]3(C)C(CCC4[C@@]5(C)CCC(O)C(C)(CO)C5CC[C@]43C)C12. The van der Waals surface area contributed by atoms with Crippen LogP contribution in [0.15, 0.2) is 12.2 Å². The molecule has 0 bridgehead atoms. The lowest BCUT2D eigenvalue weighted by Crippen LogP contribution is -2.67. The molecule has 5 fully saturated rings. The van der Waals surface area contributed by atoms with Crippen LogP contribution in [0.4, 0.5) is 0 Å². The van der Waals surface area contributed by atoms with Gasteiger partial charge in [-0.15, -0.1) is 0 Å². The Morgan fingerprint density at radius 2 is 1.53 bits per heavy atom. The highest BCUT2D eigenvalue weighted by molar-refractivity contribution is 5.21. The lowest BCUT2D eigenvalue weighted by molar-refractivity contribution is -0.253. The van der Waals surface area contributed by atoms with E-state index in [9.17, 15) is 10.2 Å². The molecule has 0 aromatic heterocycles. The Labute approximate surface area is 197 Å². The lowest BCUT2D eigenvalue weighted by Gasteiger charge is -2.73. The van der Waals surface area contributed by atoms with Crippen LogP contribution in [0, 0.1) is 56.7 Å². The van der Waals surface area contributed by atoms with Crippen molar-refractivity contribution in [2.24, 2.45) is 56.7 Å². The molecule has 5 saturated carbocycles. The number of rotatable bonds is 2. The van der Waals surface area contributed by atoms with E-state index in [1.165, 1.54) is 56.9 Å². The van der Waals surface area contributed by atoms with Gasteiger partial charge < -0.3 is 10.2 Å². The molecule has 32 heavy (non-hydrogen) atoms. The van der Waals surface area contributed by atoms with Crippen molar-refractivity contribution in [2.45, 2.75) is 112 Å². The molecule has 2 N–H and O–H groups in total. The molecule has 0 heterocycles. The number of allylic oxidation sites excluding steroid dienone is 1. The summed E-state index contributed by atoms with van der Waals surface area (Å²) in [4.78, 5) is 0. The van der Waals surface area contributed by atoms with Crippen molar-refractivity contribution in [3.8, 4) is 0 Å². The quantitative estimate of drug-likeness (QED) is 0.452. The first-order valence-corrected chi connectivity index (χ1v) is 13.8. The molecule has 0 radical (unpaired) electrons. The second kappa shape index (κ2) is 7.09. The smallest absolute Gasteiger partial charge is 0.0618 e. The molecule has 5 rings (SSSR count). The summed E-state index contributed by atoms with van der Waals surface area (Å²) in [6.45, 7) is 19.6. The molecular weight excluding hydrogens is 392 g/mol. The first-order valence-electron chi connectivity index (χ1n) is 13.8. The zero-order valence-corrected chi connectivity index (χ0v) is 21.8. The van der Waals surface area contributed by atoms with Crippen LogP contribution < -0.4 is 0 Å². The van der Waals surface area contributed by atoms with E-state index >= 15 is 0 Å². The van der Waals surface area contributed by atoms with Gasteiger partial charge in [-0.2, -0.15) is 0 Å². The van der Waals surface area contributed by atoms with Gasteiger partial charge in [-0.25, -0.2) is 0 Å². The second-order valence-corrected chi connectivity index (χ2v) is 14.6. The first-order chi connectivity index (χ1) is 14.9. The average Bonchev–Trinajstić information content (AvgIpc) is 3.09. The largest absolute Gasteiger partial charge is 0.396 e. The number of hydrogen-bond donors (Lipinski definition) is 2. The Morgan fingerprint density at radius 3 is 2.19 bits per heavy atom. The summed E-state index contributed by atoms with van der Waals surface area (Å²) in [6, 6.07) is 0. The van der Waals surface area contributed by atoms with Gasteiger partial charge in [0.2, 0.25) is 0 Å². The van der Waals surface area contributed by atoms with Crippen molar-refractivity contribution in [1.82, 2.24) is 0 Å². The minimum absolute atomic E-state index is 0.123. The first kappa shape index (κ1) is 23.4. The van der Waals surface area contributed by atoms with Gasteiger partial charge in [0, 0.05) is 5.41 Å². The van der Waals surface area contributed by atoms with Crippen LogP contribution in [0.2, 0.25) is 0 Å². The molecule has 5 aliphatic rings. The van der Waals surface area contributed by atoms with E-state index in [4.69, 9.17) is 0 Å². The zero-order chi connectivity index (χ0) is 23.3. The van der Waals surface area contributed by atoms with Gasteiger partial charge in [0.25, 0.3) is 0 Å². The summed E-state index contributed by atoms with van der Waals surface area (Å²) in [6.07, 6.45) is 12.3. The Balaban J connectivity index is 1.54. The molecule has 0 aliphatic heterocycles. The van der Waals surface area contributed by atoms with Gasteiger partial charge in [0.05, 0.1) is 12.7 Å². The molecule has 182 valence electrons. The van der Waals surface area contributed by atoms with Crippen molar-refractivity contribution in [1.29, 1.82) is 0 Å². The maximum atomic E-state index is 10.9. The van der Waals surface area contributed by atoms with Crippen molar-refractivity contribution in [3.05, 3.63) is 12.2 Å². The van der Waals surface area contributed by atoms with E-state index in [2.05, 4.69) is 48.1 Å². The Hall–Kier alpha value is -0.340. The van der Waals surface area contributed by atoms with Gasteiger partial charge in [0.1, 0.15) is 0 Å². The molecule has 5 aliphatic carbocycles. The van der Waals surface area contributed by atoms with E-state index in [-0.39, 0.29) is 23.5 Å². The van der Waals surface area contributed by atoms with Gasteiger partial charge in [0.15, 0.2) is 0 Å². The second-order valence-electron chi connectivity index (χ2n) is 14.6. The standard InChI is InChI=1S/C30H50O2/c1-19(2)20-10-13-26(3)16-17-29(6)21(25(20)26)8-9-23-27(4)14-12-24(32)28(5,18-31)22(27)11-15-30(23,29)7/h20-25,31-32H,1,8-18H2,2-7H3/t20?,21?,22?,23?,24?,25?,26-,27+,28?,29-,30-/m1/s1. The number of aliphatic hydroxyl groups is 2. The van der Waals surface area contributed by atoms with Gasteiger partial charge in [-0.1, -0.05) is 46.8 Å². The monoisotopic (exact) mass is 442 g/mol. The highest BCUT2D eigenvalue weighted by Crippen LogP contribution is 2.77.